The molecule has 7 atom stereocenters. The first-order chi connectivity index (χ1) is 16.2. The van der Waals surface area contributed by atoms with Crippen molar-refractivity contribution in [3.05, 3.63) is 24.3 Å². The highest BCUT2D eigenvalue weighted by Gasteiger charge is 2.76. The molecular weight excluding hydrogens is 454 g/mol. The monoisotopic (exact) mass is 489 g/mol. The van der Waals surface area contributed by atoms with Gasteiger partial charge in [0.25, 0.3) is 0 Å². The molecule has 0 aliphatic carbocycles. The number of methoxy groups -OCH3 is 1. The second-order valence-electron chi connectivity index (χ2n) is 10.1. The van der Waals surface area contributed by atoms with Crippen LogP contribution in [0, 0.1) is 23.7 Å². The maximum atomic E-state index is 14.0. The van der Waals surface area contributed by atoms with Gasteiger partial charge in [-0.15, -0.1) is 11.8 Å². The Hall–Kier alpha value is -2.26. The third-order valence-corrected chi connectivity index (χ3v) is 9.76. The van der Waals surface area contributed by atoms with Gasteiger partial charge in [-0.1, -0.05) is 20.8 Å². The summed E-state index contributed by atoms with van der Waals surface area (Å²) in [6.07, 6.45) is 1.35. The summed E-state index contributed by atoms with van der Waals surface area (Å²) in [6.45, 7) is 5.92. The SMILES string of the molecule is CNC(=O)[C@@H]1[C@H]2C(=O)N([C@@H](CO)CC(C)C)C(C(=O)Nc3ccc(OC)cc3)C23S[C@@H]1CC3C. The smallest absolute Gasteiger partial charge is 0.248 e. The topological polar surface area (TPSA) is 108 Å². The van der Waals surface area contributed by atoms with Crippen LogP contribution in [0.15, 0.2) is 24.3 Å². The van der Waals surface area contributed by atoms with Crippen molar-refractivity contribution < 1.29 is 24.2 Å². The number of likely N-dealkylation sites (tertiary alicyclic amines) is 1. The van der Waals surface area contributed by atoms with Crippen LogP contribution in [0.2, 0.25) is 0 Å². The van der Waals surface area contributed by atoms with Gasteiger partial charge in [0, 0.05) is 18.0 Å². The summed E-state index contributed by atoms with van der Waals surface area (Å²) in [4.78, 5) is 42.4. The van der Waals surface area contributed by atoms with E-state index in [0.29, 0.717) is 17.9 Å². The zero-order chi connectivity index (χ0) is 24.8. The first-order valence-electron chi connectivity index (χ1n) is 12.0. The van der Waals surface area contributed by atoms with Crippen LogP contribution in [0.3, 0.4) is 0 Å². The molecule has 34 heavy (non-hydrogen) atoms. The van der Waals surface area contributed by atoms with E-state index < -0.39 is 28.7 Å². The van der Waals surface area contributed by atoms with Crippen LogP contribution in [0.5, 0.6) is 5.75 Å². The largest absolute Gasteiger partial charge is 0.497 e. The Bertz CT molecular complexity index is 954. The number of amides is 3. The highest BCUT2D eigenvalue weighted by molar-refractivity contribution is 8.02. The number of rotatable bonds is 8. The molecule has 0 aromatic heterocycles. The van der Waals surface area contributed by atoms with Crippen molar-refractivity contribution in [2.24, 2.45) is 23.7 Å². The van der Waals surface area contributed by atoms with Crippen molar-refractivity contribution >= 4 is 35.2 Å². The lowest BCUT2D eigenvalue weighted by atomic mass is 9.66. The van der Waals surface area contributed by atoms with Crippen LogP contribution in [-0.4, -0.2) is 70.6 Å². The van der Waals surface area contributed by atoms with Crippen LogP contribution in [-0.2, 0) is 14.4 Å². The van der Waals surface area contributed by atoms with Crippen molar-refractivity contribution in [1.29, 1.82) is 0 Å². The van der Waals surface area contributed by atoms with Crippen molar-refractivity contribution in [2.75, 3.05) is 26.1 Å². The zero-order valence-electron chi connectivity index (χ0n) is 20.4. The zero-order valence-corrected chi connectivity index (χ0v) is 21.2. The Morgan fingerprint density at radius 3 is 2.50 bits per heavy atom. The summed E-state index contributed by atoms with van der Waals surface area (Å²) in [5, 5.41) is 16.0. The number of aliphatic hydroxyl groups is 1. The van der Waals surface area contributed by atoms with Gasteiger partial charge in [0.05, 0.1) is 36.3 Å². The fraction of sp³-hybridized carbons (Fsp3) is 0.640. The molecule has 3 fully saturated rings. The van der Waals surface area contributed by atoms with Gasteiger partial charge in [-0.3, -0.25) is 14.4 Å². The van der Waals surface area contributed by atoms with E-state index in [1.807, 2.05) is 13.8 Å². The first-order valence-corrected chi connectivity index (χ1v) is 12.8. The van der Waals surface area contributed by atoms with Crippen LogP contribution in [0.25, 0.3) is 0 Å². The highest BCUT2D eigenvalue weighted by Crippen LogP contribution is 2.68. The Morgan fingerprint density at radius 1 is 1.26 bits per heavy atom. The van der Waals surface area contributed by atoms with Gasteiger partial charge >= 0.3 is 0 Å². The van der Waals surface area contributed by atoms with Gasteiger partial charge < -0.3 is 25.4 Å². The molecule has 1 aromatic carbocycles. The molecular formula is C25H35N3O5S. The summed E-state index contributed by atoms with van der Waals surface area (Å²) >= 11 is 1.63. The van der Waals surface area contributed by atoms with Crippen LogP contribution < -0.4 is 15.4 Å². The number of benzene rings is 1. The second-order valence-corrected chi connectivity index (χ2v) is 11.6. The number of carbonyl (C=O) groups is 3. The number of thioether (sulfide) groups is 1. The molecule has 3 saturated heterocycles. The molecule has 2 bridgehead atoms. The highest BCUT2D eigenvalue weighted by atomic mass is 32.2. The average Bonchev–Trinajstić information content (AvgIpc) is 3.41. The van der Waals surface area contributed by atoms with Crippen molar-refractivity contribution in [3.63, 3.8) is 0 Å². The van der Waals surface area contributed by atoms with E-state index in [1.54, 1.807) is 55.1 Å². The molecule has 3 aliphatic heterocycles. The fourth-order valence-corrected chi connectivity index (χ4v) is 8.73. The number of aliphatic hydroxyl groups excluding tert-OH is 1. The predicted molar refractivity (Wildman–Crippen MR) is 132 cm³/mol. The molecule has 186 valence electrons. The number of fused-ring (bicyclic) bond motifs is 1. The third-order valence-electron chi connectivity index (χ3n) is 7.69. The molecule has 3 amide bonds. The summed E-state index contributed by atoms with van der Waals surface area (Å²) in [5.41, 5.74) is 0.607. The Balaban J connectivity index is 1.76. The van der Waals surface area contributed by atoms with Gasteiger partial charge in [-0.2, -0.15) is 0 Å². The summed E-state index contributed by atoms with van der Waals surface area (Å²) in [6, 6.07) is 5.80. The minimum atomic E-state index is -0.775. The lowest BCUT2D eigenvalue weighted by Gasteiger charge is -2.40. The number of hydrogen-bond acceptors (Lipinski definition) is 6. The molecule has 9 heteroatoms. The average molecular weight is 490 g/mol. The second kappa shape index (κ2) is 9.41. The molecule has 8 nitrogen and oxygen atoms in total. The standard InChI is InChI=1S/C25H35N3O5S/c1-13(2)10-16(12-29)28-21(23(31)27-15-6-8-17(33-5)9-7-15)25-14(3)11-18(34-25)19(22(30)26-4)20(25)24(28)32/h6-9,13-14,16,18-21,29H,10-12H2,1-5H3,(H,26,30)(H,27,31)/t14?,16-,18-,19+,20+,21?,25?/m1/s1. The molecule has 0 saturated carbocycles. The van der Waals surface area contributed by atoms with Crippen LogP contribution in [0.4, 0.5) is 5.69 Å². The number of nitrogens with zero attached hydrogens (tertiary/aromatic N) is 1. The number of anilines is 1. The van der Waals surface area contributed by atoms with E-state index in [2.05, 4.69) is 17.6 Å². The van der Waals surface area contributed by atoms with Crippen molar-refractivity contribution in [1.82, 2.24) is 10.2 Å². The normalized spacial score (nSPS) is 32.6. The molecule has 3 unspecified atom stereocenters. The number of hydrogen-bond donors (Lipinski definition) is 3. The van der Waals surface area contributed by atoms with Gasteiger partial charge in [0.15, 0.2) is 0 Å². The molecule has 3 aliphatic rings. The molecule has 1 spiro atoms. The third kappa shape index (κ3) is 3.77. The van der Waals surface area contributed by atoms with Crippen LogP contribution >= 0.6 is 11.8 Å². The minimum absolute atomic E-state index is 0.0000109. The number of nitrogens with one attached hydrogen (secondary N) is 2. The lowest BCUT2D eigenvalue weighted by molar-refractivity contribution is -0.142. The fourth-order valence-electron chi connectivity index (χ4n) is 6.32. The van der Waals surface area contributed by atoms with Gasteiger partial charge in [-0.05, 0) is 48.9 Å². The molecule has 3 heterocycles. The Kier molecular flexibility index (Phi) is 6.88. The summed E-state index contributed by atoms with van der Waals surface area (Å²) < 4.78 is 4.50. The van der Waals surface area contributed by atoms with E-state index >= 15 is 0 Å². The maximum absolute atomic E-state index is 14.0. The van der Waals surface area contributed by atoms with Crippen LogP contribution in [0.1, 0.15) is 33.6 Å². The summed E-state index contributed by atoms with van der Waals surface area (Å²) in [7, 11) is 3.17. The van der Waals surface area contributed by atoms with Crippen molar-refractivity contribution in [3.8, 4) is 5.75 Å². The van der Waals surface area contributed by atoms with E-state index in [0.717, 1.165) is 6.42 Å². The van der Waals surface area contributed by atoms with E-state index in [9.17, 15) is 19.5 Å². The minimum Gasteiger partial charge on any atom is -0.497 e. The summed E-state index contributed by atoms with van der Waals surface area (Å²) in [5.74, 6) is -0.691. The van der Waals surface area contributed by atoms with Crippen molar-refractivity contribution in [2.45, 2.75) is 55.7 Å². The predicted octanol–water partition coefficient (Wildman–Crippen LogP) is 2.12. The maximum Gasteiger partial charge on any atom is 0.248 e. The number of ether oxygens (including phenoxy) is 1. The molecule has 0 radical (unpaired) electrons. The van der Waals surface area contributed by atoms with E-state index in [4.69, 9.17) is 4.74 Å². The number of carbonyl (C=O) groups excluding carboxylic acids is 3. The first kappa shape index (κ1) is 24.9. The molecule has 4 rings (SSSR count). The van der Waals surface area contributed by atoms with E-state index in [-0.39, 0.29) is 41.4 Å². The van der Waals surface area contributed by atoms with Gasteiger partial charge in [-0.25, -0.2) is 0 Å². The Labute approximate surface area is 205 Å². The quantitative estimate of drug-likeness (QED) is 0.516. The van der Waals surface area contributed by atoms with Gasteiger partial charge in [0.1, 0.15) is 11.8 Å². The van der Waals surface area contributed by atoms with E-state index in [1.165, 1.54) is 0 Å². The lowest BCUT2D eigenvalue weighted by Crippen LogP contribution is -2.57. The Morgan fingerprint density at radius 2 is 1.94 bits per heavy atom. The molecule has 1 aromatic rings. The van der Waals surface area contributed by atoms with Gasteiger partial charge in [0.2, 0.25) is 17.7 Å². The molecule has 3 N–H and O–H groups in total.